The van der Waals surface area contributed by atoms with Gasteiger partial charge in [0.1, 0.15) is 0 Å². The molecule has 1 amide bonds. The highest BCUT2D eigenvalue weighted by molar-refractivity contribution is 7.16. The first-order chi connectivity index (χ1) is 12.7. The number of hydrogen-bond acceptors (Lipinski definition) is 5. The van der Waals surface area contributed by atoms with Gasteiger partial charge in [-0.15, -0.1) is 11.3 Å². The molecule has 1 aliphatic carbocycles. The Kier molecular flexibility index (Phi) is 3.33. The van der Waals surface area contributed by atoms with E-state index in [1.54, 1.807) is 19.2 Å². The Morgan fingerprint density at radius 3 is 3.00 bits per heavy atom. The molecule has 2 aromatic heterocycles. The zero-order valence-electron chi connectivity index (χ0n) is 13.9. The van der Waals surface area contributed by atoms with Crippen LogP contribution in [0.5, 0.6) is 5.75 Å². The minimum absolute atomic E-state index is 0.236. The van der Waals surface area contributed by atoms with E-state index in [0.717, 1.165) is 23.1 Å². The maximum Gasteiger partial charge on any atom is 0.293 e. The minimum Gasteiger partial charge on any atom is -0.493 e. The Morgan fingerprint density at radius 1 is 1.23 bits per heavy atom. The number of anilines is 1. The molecular formula is C20H14N2O3S. The van der Waals surface area contributed by atoms with Crippen LogP contribution in [0.4, 0.5) is 5.13 Å². The lowest BCUT2D eigenvalue weighted by Crippen LogP contribution is -2.10. The number of thiazole rings is 1. The van der Waals surface area contributed by atoms with Gasteiger partial charge in [-0.1, -0.05) is 36.4 Å². The Balaban J connectivity index is 1.44. The summed E-state index contributed by atoms with van der Waals surface area (Å²) in [4.78, 5) is 18.4. The predicted molar refractivity (Wildman–Crippen MR) is 101 cm³/mol. The zero-order chi connectivity index (χ0) is 17.7. The number of ether oxygens (including phenoxy) is 1. The molecule has 0 unspecified atom stereocenters. The Labute approximate surface area is 153 Å². The monoisotopic (exact) mass is 362 g/mol. The largest absolute Gasteiger partial charge is 0.493 e. The number of aromatic nitrogens is 1. The molecule has 0 bridgehead atoms. The second kappa shape index (κ2) is 5.71. The number of para-hydroxylation sites is 1. The van der Waals surface area contributed by atoms with Gasteiger partial charge in [0.25, 0.3) is 5.91 Å². The molecule has 0 saturated heterocycles. The van der Waals surface area contributed by atoms with E-state index in [1.807, 2.05) is 24.3 Å². The SMILES string of the molecule is COc1cccc2cc(C(=O)Nc3nc4c(s3)Cc3ccccc3-4)oc12. The molecule has 0 fully saturated rings. The van der Waals surface area contributed by atoms with Crippen LogP contribution in [0.25, 0.3) is 22.2 Å². The first-order valence-corrected chi connectivity index (χ1v) is 9.00. The lowest BCUT2D eigenvalue weighted by atomic mass is 10.1. The number of methoxy groups -OCH3 is 1. The summed E-state index contributed by atoms with van der Waals surface area (Å²) in [6.07, 6.45) is 0.862. The van der Waals surface area contributed by atoms with Crippen molar-refractivity contribution in [3.05, 3.63) is 64.7 Å². The zero-order valence-corrected chi connectivity index (χ0v) is 14.7. The highest BCUT2D eigenvalue weighted by atomic mass is 32.1. The summed E-state index contributed by atoms with van der Waals surface area (Å²) in [6, 6.07) is 15.5. The van der Waals surface area contributed by atoms with Crippen LogP contribution in [0.3, 0.4) is 0 Å². The first-order valence-electron chi connectivity index (χ1n) is 8.19. The summed E-state index contributed by atoms with van der Waals surface area (Å²) in [7, 11) is 1.58. The van der Waals surface area contributed by atoms with Gasteiger partial charge in [-0.3, -0.25) is 10.1 Å². The van der Waals surface area contributed by atoms with Crippen LogP contribution in [0.15, 0.2) is 52.9 Å². The molecule has 4 aromatic rings. The van der Waals surface area contributed by atoms with E-state index >= 15 is 0 Å². The summed E-state index contributed by atoms with van der Waals surface area (Å²) in [6.45, 7) is 0. The number of nitrogens with one attached hydrogen (secondary N) is 1. The second-order valence-electron chi connectivity index (χ2n) is 6.07. The molecule has 1 N–H and O–H groups in total. The maximum absolute atomic E-state index is 12.6. The molecule has 128 valence electrons. The molecule has 0 spiro atoms. The van der Waals surface area contributed by atoms with E-state index in [2.05, 4.69) is 22.4 Å². The molecule has 1 aliphatic rings. The maximum atomic E-state index is 12.6. The number of carbonyl (C=O) groups excluding carboxylic acids is 1. The van der Waals surface area contributed by atoms with E-state index in [-0.39, 0.29) is 11.7 Å². The van der Waals surface area contributed by atoms with Gasteiger partial charge in [-0.2, -0.15) is 0 Å². The summed E-state index contributed by atoms with van der Waals surface area (Å²) in [5.41, 5.74) is 3.96. The fraction of sp³-hybridized carbons (Fsp3) is 0.100. The highest BCUT2D eigenvalue weighted by Crippen LogP contribution is 2.41. The molecule has 5 rings (SSSR count). The van der Waals surface area contributed by atoms with Crippen molar-refractivity contribution in [3.8, 4) is 17.0 Å². The van der Waals surface area contributed by atoms with E-state index in [1.165, 1.54) is 21.8 Å². The van der Waals surface area contributed by atoms with Crippen LogP contribution in [0, 0.1) is 0 Å². The summed E-state index contributed by atoms with van der Waals surface area (Å²) >= 11 is 1.51. The predicted octanol–water partition coefficient (Wildman–Crippen LogP) is 4.72. The number of benzene rings is 2. The van der Waals surface area contributed by atoms with Gasteiger partial charge >= 0.3 is 0 Å². The molecule has 0 atom stereocenters. The van der Waals surface area contributed by atoms with Crippen LogP contribution in [0.1, 0.15) is 21.0 Å². The number of furan rings is 1. The van der Waals surface area contributed by atoms with Gasteiger partial charge in [0.2, 0.25) is 0 Å². The first kappa shape index (κ1) is 15.2. The topological polar surface area (TPSA) is 64.4 Å². The average Bonchev–Trinajstić information content (AvgIpc) is 3.33. The van der Waals surface area contributed by atoms with E-state index in [4.69, 9.17) is 9.15 Å². The van der Waals surface area contributed by atoms with Crippen LogP contribution in [-0.2, 0) is 6.42 Å². The van der Waals surface area contributed by atoms with Crippen molar-refractivity contribution in [1.82, 2.24) is 4.98 Å². The van der Waals surface area contributed by atoms with Gasteiger partial charge < -0.3 is 9.15 Å². The molecule has 0 saturated carbocycles. The standard InChI is InChI=1S/C20H14N2O3S/c1-24-14-8-4-6-12-9-15(25-18(12)14)19(23)22-20-21-17-13-7-3-2-5-11(13)10-16(17)26-20/h2-9H,10H2,1H3,(H,21,22,23). The molecule has 0 radical (unpaired) electrons. The number of nitrogens with zero attached hydrogens (tertiary/aromatic N) is 1. The highest BCUT2D eigenvalue weighted by Gasteiger charge is 2.24. The van der Waals surface area contributed by atoms with E-state index in [9.17, 15) is 4.79 Å². The average molecular weight is 362 g/mol. The molecule has 2 heterocycles. The van der Waals surface area contributed by atoms with Crippen LogP contribution in [-0.4, -0.2) is 18.0 Å². The molecule has 6 heteroatoms. The number of amides is 1. The number of hydrogen-bond donors (Lipinski definition) is 1. The van der Waals surface area contributed by atoms with Crippen molar-refractivity contribution in [2.75, 3.05) is 12.4 Å². The quantitative estimate of drug-likeness (QED) is 0.504. The van der Waals surface area contributed by atoms with Crippen molar-refractivity contribution in [2.24, 2.45) is 0 Å². The lowest BCUT2D eigenvalue weighted by molar-refractivity contribution is 0.0998. The fourth-order valence-electron chi connectivity index (χ4n) is 3.28. The number of rotatable bonds is 3. The molecular weight excluding hydrogens is 348 g/mol. The molecule has 5 nitrogen and oxygen atoms in total. The van der Waals surface area contributed by atoms with Crippen LogP contribution in [0.2, 0.25) is 0 Å². The third-order valence-electron chi connectivity index (χ3n) is 4.49. The summed E-state index contributed by atoms with van der Waals surface area (Å²) < 4.78 is 11.0. The lowest BCUT2D eigenvalue weighted by Gasteiger charge is -2.00. The summed E-state index contributed by atoms with van der Waals surface area (Å²) in [5.74, 6) is 0.524. The Bertz CT molecular complexity index is 1160. The van der Waals surface area contributed by atoms with E-state index < -0.39 is 0 Å². The minimum atomic E-state index is -0.316. The normalized spacial score (nSPS) is 12.0. The van der Waals surface area contributed by atoms with Gasteiger partial charge in [-0.25, -0.2) is 4.98 Å². The molecule has 26 heavy (non-hydrogen) atoms. The van der Waals surface area contributed by atoms with Crippen LogP contribution >= 0.6 is 11.3 Å². The van der Waals surface area contributed by atoms with Crippen LogP contribution < -0.4 is 10.1 Å². The van der Waals surface area contributed by atoms with Gasteiger partial charge in [0.05, 0.1) is 12.8 Å². The van der Waals surface area contributed by atoms with Crippen molar-refractivity contribution >= 4 is 33.3 Å². The Hall–Kier alpha value is -3.12. The molecule has 0 aliphatic heterocycles. The summed E-state index contributed by atoms with van der Waals surface area (Å²) in [5, 5.41) is 4.26. The molecule has 2 aromatic carbocycles. The van der Waals surface area contributed by atoms with Gasteiger partial charge in [-0.05, 0) is 17.7 Å². The van der Waals surface area contributed by atoms with Crippen molar-refractivity contribution in [1.29, 1.82) is 0 Å². The Morgan fingerprint density at radius 2 is 2.12 bits per heavy atom. The van der Waals surface area contributed by atoms with E-state index in [0.29, 0.717) is 16.5 Å². The number of carbonyl (C=O) groups is 1. The van der Waals surface area contributed by atoms with Crippen molar-refractivity contribution in [3.63, 3.8) is 0 Å². The third kappa shape index (κ3) is 2.30. The smallest absolute Gasteiger partial charge is 0.293 e. The van der Waals surface area contributed by atoms with Crippen molar-refractivity contribution in [2.45, 2.75) is 6.42 Å². The second-order valence-corrected chi connectivity index (χ2v) is 7.15. The van der Waals surface area contributed by atoms with Gasteiger partial charge in [0.15, 0.2) is 22.2 Å². The fourth-order valence-corrected chi connectivity index (χ4v) is 4.28. The number of fused-ring (bicyclic) bond motifs is 4. The third-order valence-corrected chi connectivity index (χ3v) is 5.46. The van der Waals surface area contributed by atoms with Gasteiger partial charge in [0, 0.05) is 22.2 Å². The van der Waals surface area contributed by atoms with Crippen molar-refractivity contribution < 1.29 is 13.9 Å².